The molecule has 0 unspecified atom stereocenters. The van der Waals surface area contributed by atoms with Crippen molar-refractivity contribution in [3.05, 3.63) is 83.7 Å². The molecule has 1 amide bonds. The minimum atomic E-state index is -0.293. The highest BCUT2D eigenvalue weighted by Crippen LogP contribution is 2.20. The van der Waals surface area contributed by atoms with Gasteiger partial charge in [0, 0.05) is 6.92 Å². The van der Waals surface area contributed by atoms with Crippen LogP contribution in [0, 0.1) is 0 Å². The number of rotatable bonds is 5. The van der Waals surface area contributed by atoms with Crippen LogP contribution in [0.4, 0.5) is 0 Å². The predicted octanol–water partition coefficient (Wildman–Crippen LogP) is 2.55. The summed E-state index contributed by atoms with van der Waals surface area (Å²) in [6.45, 7) is 2.15. The summed E-state index contributed by atoms with van der Waals surface area (Å²) in [5.41, 5.74) is 2.86. The van der Waals surface area contributed by atoms with E-state index < -0.39 is 0 Å². The van der Waals surface area contributed by atoms with E-state index >= 15 is 0 Å². The molecule has 0 saturated heterocycles. The SMILES string of the molecule is CC(=O)N[C@@H](c1ccccc1)c1cn(Cc2ccccc2)nn1. The topological polar surface area (TPSA) is 59.8 Å². The minimum Gasteiger partial charge on any atom is -0.344 e. The normalized spacial score (nSPS) is 11.9. The van der Waals surface area contributed by atoms with Crippen molar-refractivity contribution in [2.75, 3.05) is 0 Å². The Labute approximate surface area is 135 Å². The second-order valence-corrected chi connectivity index (χ2v) is 5.37. The van der Waals surface area contributed by atoms with Crippen molar-refractivity contribution < 1.29 is 4.79 Å². The molecule has 0 spiro atoms. The average Bonchev–Trinajstić information content (AvgIpc) is 3.02. The van der Waals surface area contributed by atoms with Crippen LogP contribution in [0.2, 0.25) is 0 Å². The van der Waals surface area contributed by atoms with Crippen molar-refractivity contribution in [3.8, 4) is 0 Å². The molecule has 1 atom stereocenters. The molecule has 0 aliphatic rings. The van der Waals surface area contributed by atoms with Gasteiger partial charge in [0.2, 0.25) is 5.91 Å². The molecule has 0 aliphatic heterocycles. The summed E-state index contributed by atoms with van der Waals surface area (Å²) in [5, 5.41) is 11.4. The first-order valence-corrected chi connectivity index (χ1v) is 7.48. The molecule has 1 aromatic heterocycles. The molecule has 1 heterocycles. The molecular weight excluding hydrogens is 288 g/mol. The number of amides is 1. The van der Waals surface area contributed by atoms with Crippen molar-refractivity contribution in [1.29, 1.82) is 0 Å². The maximum absolute atomic E-state index is 11.5. The molecule has 0 saturated carbocycles. The average molecular weight is 306 g/mol. The van der Waals surface area contributed by atoms with E-state index in [1.54, 1.807) is 4.68 Å². The highest BCUT2D eigenvalue weighted by Gasteiger charge is 2.18. The number of carbonyl (C=O) groups is 1. The fourth-order valence-electron chi connectivity index (χ4n) is 2.47. The maximum atomic E-state index is 11.5. The second-order valence-electron chi connectivity index (χ2n) is 5.37. The van der Waals surface area contributed by atoms with Crippen LogP contribution in [-0.4, -0.2) is 20.9 Å². The van der Waals surface area contributed by atoms with Crippen molar-refractivity contribution in [1.82, 2.24) is 20.3 Å². The fraction of sp³-hybridized carbons (Fsp3) is 0.167. The second kappa shape index (κ2) is 6.87. The largest absolute Gasteiger partial charge is 0.344 e. The van der Waals surface area contributed by atoms with E-state index in [2.05, 4.69) is 15.6 Å². The molecule has 116 valence electrons. The summed E-state index contributed by atoms with van der Waals surface area (Å²) in [7, 11) is 0. The molecule has 3 rings (SSSR count). The molecule has 23 heavy (non-hydrogen) atoms. The van der Waals surface area contributed by atoms with Crippen LogP contribution in [0.15, 0.2) is 66.9 Å². The Morgan fingerprint density at radius 3 is 2.39 bits per heavy atom. The number of nitrogens with one attached hydrogen (secondary N) is 1. The Hall–Kier alpha value is -2.95. The molecule has 0 fully saturated rings. The first-order chi connectivity index (χ1) is 11.2. The number of hydrogen-bond acceptors (Lipinski definition) is 3. The van der Waals surface area contributed by atoms with Gasteiger partial charge in [-0.05, 0) is 11.1 Å². The van der Waals surface area contributed by atoms with Gasteiger partial charge in [-0.3, -0.25) is 4.79 Å². The van der Waals surface area contributed by atoms with Crippen LogP contribution in [0.25, 0.3) is 0 Å². The molecule has 3 aromatic rings. The smallest absolute Gasteiger partial charge is 0.217 e. The van der Waals surface area contributed by atoms with Gasteiger partial charge < -0.3 is 5.32 Å². The highest BCUT2D eigenvalue weighted by molar-refractivity contribution is 5.73. The third-order valence-corrected chi connectivity index (χ3v) is 3.52. The van der Waals surface area contributed by atoms with Crippen molar-refractivity contribution in [3.63, 3.8) is 0 Å². The third kappa shape index (κ3) is 3.83. The monoisotopic (exact) mass is 306 g/mol. The number of benzene rings is 2. The van der Waals surface area contributed by atoms with Gasteiger partial charge in [-0.15, -0.1) is 5.10 Å². The lowest BCUT2D eigenvalue weighted by atomic mass is 10.0. The maximum Gasteiger partial charge on any atom is 0.217 e. The molecule has 0 aliphatic carbocycles. The summed E-state index contributed by atoms with van der Waals surface area (Å²) in [4.78, 5) is 11.5. The van der Waals surface area contributed by atoms with Crippen LogP contribution < -0.4 is 5.32 Å². The van der Waals surface area contributed by atoms with Gasteiger partial charge in [-0.25, -0.2) is 4.68 Å². The van der Waals surface area contributed by atoms with Gasteiger partial charge in [0.25, 0.3) is 0 Å². The number of hydrogen-bond donors (Lipinski definition) is 1. The summed E-state index contributed by atoms with van der Waals surface area (Å²) >= 11 is 0. The Balaban J connectivity index is 1.84. The third-order valence-electron chi connectivity index (χ3n) is 3.52. The van der Waals surface area contributed by atoms with E-state index in [0.29, 0.717) is 6.54 Å². The molecule has 5 nitrogen and oxygen atoms in total. The quantitative estimate of drug-likeness (QED) is 0.788. The van der Waals surface area contributed by atoms with Crippen LogP contribution in [-0.2, 0) is 11.3 Å². The molecule has 5 heteroatoms. The Morgan fingerprint density at radius 2 is 1.74 bits per heavy atom. The minimum absolute atomic E-state index is 0.100. The molecular formula is C18H18N4O. The van der Waals surface area contributed by atoms with Gasteiger partial charge in [0.05, 0.1) is 18.8 Å². The lowest BCUT2D eigenvalue weighted by Crippen LogP contribution is -2.27. The number of aromatic nitrogens is 3. The van der Waals surface area contributed by atoms with Gasteiger partial charge >= 0.3 is 0 Å². The molecule has 0 bridgehead atoms. The Morgan fingerprint density at radius 1 is 1.09 bits per heavy atom. The van der Waals surface area contributed by atoms with Gasteiger partial charge in [-0.1, -0.05) is 65.9 Å². The zero-order valence-electron chi connectivity index (χ0n) is 12.9. The van der Waals surface area contributed by atoms with E-state index in [1.165, 1.54) is 6.92 Å². The molecule has 1 N–H and O–H groups in total. The number of carbonyl (C=O) groups excluding carboxylic acids is 1. The molecule has 2 aromatic carbocycles. The lowest BCUT2D eigenvalue weighted by Gasteiger charge is -2.15. The molecule has 0 radical (unpaired) electrons. The summed E-state index contributed by atoms with van der Waals surface area (Å²) in [6.07, 6.45) is 1.88. The first-order valence-electron chi connectivity index (χ1n) is 7.48. The van der Waals surface area contributed by atoms with Crippen LogP contribution in [0.1, 0.15) is 29.8 Å². The highest BCUT2D eigenvalue weighted by atomic mass is 16.1. The summed E-state index contributed by atoms with van der Waals surface area (Å²) in [5.74, 6) is -0.100. The Bertz CT molecular complexity index is 768. The van der Waals surface area contributed by atoms with E-state index in [1.807, 2.05) is 66.9 Å². The van der Waals surface area contributed by atoms with Gasteiger partial charge in [-0.2, -0.15) is 0 Å². The predicted molar refractivity (Wildman–Crippen MR) is 87.7 cm³/mol. The number of nitrogens with zero attached hydrogens (tertiary/aromatic N) is 3. The summed E-state index contributed by atoms with van der Waals surface area (Å²) in [6, 6.07) is 19.5. The van der Waals surface area contributed by atoms with Gasteiger partial charge in [0.1, 0.15) is 5.69 Å². The van der Waals surface area contributed by atoms with Crippen molar-refractivity contribution >= 4 is 5.91 Å². The van der Waals surface area contributed by atoms with E-state index in [0.717, 1.165) is 16.8 Å². The van der Waals surface area contributed by atoms with Crippen LogP contribution in [0.5, 0.6) is 0 Å². The van der Waals surface area contributed by atoms with E-state index in [9.17, 15) is 4.79 Å². The summed E-state index contributed by atoms with van der Waals surface area (Å²) < 4.78 is 1.78. The van der Waals surface area contributed by atoms with E-state index in [4.69, 9.17) is 0 Å². The van der Waals surface area contributed by atoms with Crippen molar-refractivity contribution in [2.24, 2.45) is 0 Å². The first kappa shape index (κ1) is 15.0. The zero-order valence-corrected chi connectivity index (χ0v) is 12.9. The van der Waals surface area contributed by atoms with Crippen LogP contribution in [0.3, 0.4) is 0 Å². The van der Waals surface area contributed by atoms with Gasteiger partial charge in [0.15, 0.2) is 0 Å². The standard InChI is InChI=1S/C18H18N4O/c1-14(23)19-18(16-10-6-3-7-11-16)17-13-22(21-20-17)12-15-8-4-2-5-9-15/h2-11,13,18H,12H2,1H3,(H,19,23)/t18-/m0/s1. The lowest BCUT2D eigenvalue weighted by molar-refractivity contribution is -0.119. The Kier molecular flexibility index (Phi) is 4.47. The van der Waals surface area contributed by atoms with E-state index in [-0.39, 0.29) is 11.9 Å². The van der Waals surface area contributed by atoms with Crippen LogP contribution >= 0.6 is 0 Å². The zero-order chi connectivity index (χ0) is 16.1. The fourth-order valence-corrected chi connectivity index (χ4v) is 2.47. The van der Waals surface area contributed by atoms with Crippen molar-refractivity contribution in [2.45, 2.75) is 19.5 Å².